The molecule has 1 rings (SSSR count). The van der Waals surface area contributed by atoms with Crippen LogP contribution < -0.4 is 5.73 Å². The van der Waals surface area contributed by atoms with Crippen LogP contribution in [0.3, 0.4) is 0 Å². The van der Waals surface area contributed by atoms with E-state index in [-0.39, 0.29) is 16.0 Å². The number of hydrogen-bond donors (Lipinski definition) is 2. The number of carboxylic acids is 1. The quantitative estimate of drug-likeness (QED) is 0.541. The van der Waals surface area contributed by atoms with Crippen LogP contribution in [0.5, 0.6) is 0 Å². The number of halogens is 4. The van der Waals surface area contributed by atoms with Gasteiger partial charge in [-0.15, -0.1) is 0 Å². The lowest BCUT2D eigenvalue weighted by Gasteiger charge is -2.25. The normalized spacial score (nSPS) is 15.6. The van der Waals surface area contributed by atoms with E-state index in [0.29, 0.717) is 22.9 Å². The molecule has 118 valence electrons. The van der Waals surface area contributed by atoms with Crippen LogP contribution in [0.15, 0.2) is 6.07 Å². The first-order chi connectivity index (χ1) is 9.60. The van der Waals surface area contributed by atoms with Gasteiger partial charge in [0, 0.05) is 0 Å². The Labute approximate surface area is 144 Å². The predicted octanol–water partition coefficient (Wildman–Crippen LogP) is 5.06. The van der Waals surface area contributed by atoms with E-state index >= 15 is 0 Å². The highest BCUT2D eigenvalue weighted by Gasteiger charge is 2.31. The molecule has 0 saturated heterocycles. The highest BCUT2D eigenvalue weighted by molar-refractivity contribution is 6.52. The Balaban J connectivity index is 3.01. The summed E-state index contributed by atoms with van der Waals surface area (Å²) in [6, 6.07) is 1.66. The highest BCUT2D eigenvalue weighted by Crippen LogP contribution is 2.39. The molecule has 21 heavy (non-hydrogen) atoms. The molecule has 3 N–H and O–H groups in total. The van der Waals surface area contributed by atoms with Crippen LogP contribution >= 0.6 is 46.4 Å². The summed E-state index contributed by atoms with van der Waals surface area (Å²) in [6.45, 7) is 3.47. The third-order valence-electron chi connectivity index (χ3n) is 3.47. The zero-order valence-electron chi connectivity index (χ0n) is 11.7. The minimum absolute atomic E-state index is 0.0434. The molecule has 0 heterocycles. The van der Waals surface area contributed by atoms with E-state index in [1.807, 2.05) is 6.92 Å². The molecular weight excluding hydrogens is 356 g/mol. The van der Waals surface area contributed by atoms with Gasteiger partial charge in [0.2, 0.25) is 0 Å². The van der Waals surface area contributed by atoms with Crippen LogP contribution in [0, 0.1) is 5.92 Å². The van der Waals surface area contributed by atoms with Crippen molar-refractivity contribution in [3.05, 3.63) is 31.7 Å². The Morgan fingerprint density at radius 1 is 1.29 bits per heavy atom. The summed E-state index contributed by atoms with van der Waals surface area (Å²) in [5.74, 6) is -0.985. The first kappa shape index (κ1) is 18.9. The Hall–Kier alpha value is -0.190. The van der Waals surface area contributed by atoms with E-state index in [2.05, 4.69) is 0 Å². The van der Waals surface area contributed by atoms with Crippen molar-refractivity contribution < 1.29 is 9.90 Å². The molecule has 0 radical (unpaired) electrons. The number of hydrogen-bond acceptors (Lipinski definition) is 2. The van der Waals surface area contributed by atoms with E-state index < -0.39 is 11.5 Å². The van der Waals surface area contributed by atoms with Gasteiger partial charge >= 0.3 is 5.97 Å². The molecule has 0 saturated carbocycles. The first-order valence-corrected chi connectivity index (χ1v) is 7.95. The van der Waals surface area contributed by atoms with E-state index in [9.17, 15) is 4.79 Å². The summed E-state index contributed by atoms with van der Waals surface area (Å²) in [4.78, 5) is 11.1. The molecule has 0 aromatic heterocycles. The lowest BCUT2D eigenvalue weighted by atomic mass is 9.84. The van der Waals surface area contributed by atoms with Crippen molar-refractivity contribution in [2.75, 3.05) is 0 Å². The molecule has 7 heteroatoms. The number of carboxylic acid groups (broad SMARTS) is 1. The minimum Gasteiger partial charge on any atom is -0.480 e. The molecule has 0 bridgehead atoms. The summed E-state index contributed by atoms with van der Waals surface area (Å²) in [5.41, 5.74) is 5.26. The minimum atomic E-state index is -1.28. The molecule has 0 fully saturated rings. The van der Waals surface area contributed by atoms with Crippen molar-refractivity contribution in [3.8, 4) is 0 Å². The van der Waals surface area contributed by atoms with Gasteiger partial charge in [0.25, 0.3) is 0 Å². The van der Waals surface area contributed by atoms with Gasteiger partial charge in [0.15, 0.2) is 0 Å². The van der Waals surface area contributed by atoms with Crippen molar-refractivity contribution in [3.63, 3.8) is 0 Å². The number of nitrogens with two attached hydrogens (primary N) is 1. The summed E-state index contributed by atoms with van der Waals surface area (Å²) in [6.07, 6.45) is 1.62. The molecule has 1 aromatic rings. The van der Waals surface area contributed by atoms with Gasteiger partial charge in [-0.1, -0.05) is 59.7 Å². The maximum atomic E-state index is 11.1. The summed E-state index contributed by atoms with van der Waals surface area (Å²) >= 11 is 24.1. The summed E-state index contributed by atoms with van der Waals surface area (Å²) < 4.78 is 0. The Morgan fingerprint density at radius 2 is 1.86 bits per heavy atom. The second kappa shape index (κ2) is 7.38. The Bertz CT molecular complexity index is 546. The topological polar surface area (TPSA) is 63.3 Å². The van der Waals surface area contributed by atoms with Gasteiger partial charge in [0.1, 0.15) is 5.54 Å². The smallest absolute Gasteiger partial charge is 0.323 e. The van der Waals surface area contributed by atoms with Gasteiger partial charge in [-0.25, -0.2) is 0 Å². The van der Waals surface area contributed by atoms with Crippen molar-refractivity contribution in [2.24, 2.45) is 11.7 Å². The predicted molar refractivity (Wildman–Crippen MR) is 88.8 cm³/mol. The molecule has 2 atom stereocenters. The summed E-state index contributed by atoms with van der Waals surface area (Å²) in [5, 5.41) is 10.2. The molecule has 3 nitrogen and oxygen atoms in total. The van der Waals surface area contributed by atoms with Gasteiger partial charge in [-0.05, 0) is 37.3 Å². The van der Waals surface area contributed by atoms with Crippen molar-refractivity contribution >= 4 is 52.4 Å². The zero-order valence-corrected chi connectivity index (χ0v) is 14.7. The van der Waals surface area contributed by atoms with Crippen molar-refractivity contribution in [2.45, 2.75) is 38.6 Å². The number of benzene rings is 1. The van der Waals surface area contributed by atoms with E-state index in [1.165, 1.54) is 6.92 Å². The average molecular weight is 373 g/mol. The Kier molecular flexibility index (Phi) is 6.63. The van der Waals surface area contributed by atoms with Gasteiger partial charge in [0.05, 0.1) is 20.1 Å². The third kappa shape index (κ3) is 4.64. The van der Waals surface area contributed by atoms with Crippen LogP contribution in [0.25, 0.3) is 0 Å². The lowest BCUT2D eigenvalue weighted by molar-refractivity contribution is -0.143. The van der Waals surface area contributed by atoms with Crippen molar-refractivity contribution in [1.82, 2.24) is 0 Å². The molecule has 2 unspecified atom stereocenters. The van der Waals surface area contributed by atoms with E-state index in [4.69, 9.17) is 57.2 Å². The first-order valence-electron chi connectivity index (χ1n) is 6.44. The fourth-order valence-corrected chi connectivity index (χ4v) is 3.05. The Morgan fingerprint density at radius 3 is 2.33 bits per heavy atom. The second-order valence-corrected chi connectivity index (χ2v) is 6.91. The zero-order chi connectivity index (χ0) is 16.4. The summed E-state index contributed by atoms with van der Waals surface area (Å²) in [7, 11) is 0. The average Bonchev–Trinajstić information content (AvgIpc) is 2.41. The standard InChI is InChI=1S/C14H17Cl4NO2/c1-3-7(6-14(2,19)13(20)21)4-8-5-9(15)11(17)12(18)10(8)16/h5,7H,3-4,6,19H2,1-2H3,(H,20,21). The lowest BCUT2D eigenvalue weighted by Crippen LogP contribution is -2.46. The molecule has 0 aliphatic heterocycles. The van der Waals surface area contributed by atoms with Gasteiger partial charge in [-0.3, -0.25) is 4.79 Å². The van der Waals surface area contributed by atoms with E-state index in [0.717, 1.165) is 12.0 Å². The van der Waals surface area contributed by atoms with Crippen LogP contribution in [-0.4, -0.2) is 16.6 Å². The third-order valence-corrected chi connectivity index (χ3v) is 5.26. The maximum Gasteiger partial charge on any atom is 0.323 e. The molecule has 1 aromatic carbocycles. The van der Waals surface area contributed by atoms with Crippen molar-refractivity contribution in [1.29, 1.82) is 0 Å². The van der Waals surface area contributed by atoms with Crippen LogP contribution in [0.2, 0.25) is 20.1 Å². The molecule has 0 amide bonds. The molecule has 0 aliphatic rings. The van der Waals surface area contributed by atoms with Gasteiger partial charge in [-0.2, -0.15) is 0 Å². The highest BCUT2D eigenvalue weighted by atomic mass is 35.5. The monoisotopic (exact) mass is 371 g/mol. The largest absolute Gasteiger partial charge is 0.480 e. The fourth-order valence-electron chi connectivity index (χ4n) is 2.13. The SMILES string of the molecule is CCC(Cc1cc(Cl)c(Cl)c(Cl)c1Cl)CC(C)(N)C(=O)O. The van der Waals surface area contributed by atoms with Crippen LogP contribution in [-0.2, 0) is 11.2 Å². The molecule has 0 aliphatic carbocycles. The van der Waals surface area contributed by atoms with Crippen LogP contribution in [0.4, 0.5) is 0 Å². The van der Waals surface area contributed by atoms with Gasteiger partial charge < -0.3 is 10.8 Å². The van der Waals surface area contributed by atoms with Crippen LogP contribution in [0.1, 0.15) is 32.3 Å². The fraction of sp³-hybridized carbons (Fsp3) is 0.500. The molecule has 0 spiro atoms. The van der Waals surface area contributed by atoms with E-state index in [1.54, 1.807) is 6.07 Å². The number of rotatable bonds is 6. The maximum absolute atomic E-state index is 11.1. The number of aliphatic carboxylic acids is 1. The second-order valence-electron chi connectivity index (χ2n) is 5.36. The number of carbonyl (C=O) groups is 1. The molecular formula is C14H17Cl4NO2.